The Morgan fingerprint density at radius 2 is 1.92 bits per heavy atom. The second-order valence-electron chi connectivity index (χ2n) is 6.32. The van der Waals surface area contributed by atoms with Crippen LogP contribution in [0.3, 0.4) is 0 Å². The van der Waals surface area contributed by atoms with Gasteiger partial charge in [-0.1, -0.05) is 23.9 Å². The van der Waals surface area contributed by atoms with Crippen LogP contribution in [0.1, 0.15) is 20.8 Å². The highest BCUT2D eigenvalue weighted by Crippen LogP contribution is 2.21. The van der Waals surface area contributed by atoms with Crippen LogP contribution in [-0.4, -0.2) is 34.2 Å². The molecule has 6 heteroatoms. The van der Waals surface area contributed by atoms with Crippen LogP contribution in [0.2, 0.25) is 0 Å². The number of benzene rings is 2. The molecule has 3 aromatic rings. The van der Waals surface area contributed by atoms with Crippen molar-refractivity contribution in [1.82, 2.24) is 9.97 Å². The molecule has 0 fully saturated rings. The van der Waals surface area contributed by atoms with Crippen molar-refractivity contribution in [3.8, 4) is 0 Å². The first kappa shape index (κ1) is 18.3. The molecule has 0 spiro atoms. The Bertz CT molecular complexity index is 840. The average Bonchev–Trinajstić information content (AvgIpc) is 3.05. The van der Waals surface area contributed by atoms with Gasteiger partial charge >= 0.3 is 0 Å². The van der Waals surface area contributed by atoms with Crippen LogP contribution in [0.25, 0.3) is 11.0 Å². The van der Waals surface area contributed by atoms with E-state index in [-0.39, 0.29) is 5.91 Å². The van der Waals surface area contributed by atoms with Gasteiger partial charge < -0.3 is 15.2 Å². The standard InChI is InChI=1S/C20H24N4OS/c1-4-24(14(2)3)16-11-9-15(10-12-16)21-19(25)13-26-20-22-17-7-5-6-8-18(17)23-20/h5-12,14H,4,13H2,1-3H3,(H,21,25)(H,22,23). The number of thioether (sulfide) groups is 1. The fourth-order valence-electron chi connectivity index (χ4n) is 2.91. The van der Waals surface area contributed by atoms with Crippen LogP contribution in [0.15, 0.2) is 53.7 Å². The minimum atomic E-state index is -0.0422. The van der Waals surface area contributed by atoms with Gasteiger partial charge in [-0.25, -0.2) is 4.98 Å². The first-order chi connectivity index (χ1) is 12.6. The third kappa shape index (κ3) is 4.38. The quantitative estimate of drug-likeness (QED) is 0.602. The summed E-state index contributed by atoms with van der Waals surface area (Å²) in [6, 6.07) is 16.3. The predicted molar refractivity (Wildman–Crippen MR) is 110 cm³/mol. The summed E-state index contributed by atoms with van der Waals surface area (Å²) in [6.45, 7) is 7.45. The summed E-state index contributed by atoms with van der Waals surface area (Å²) in [7, 11) is 0. The topological polar surface area (TPSA) is 61.0 Å². The van der Waals surface area contributed by atoms with E-state index in [0.717, 1.165) is 34.1 Å². The van der Waals surface area contributed by atoms with Gasteiger partial charge in [-0.3, -0.25) is 4.79 Å². The number of fused-ring (bicyclic) bond motifs is 1. The van der Waals surface area contributed by atoms with Gasteiger partial charge in [0, 0.05) is 24.0 Å². The summed E-state index contributed by atoms with van der Waals surface area (Å²) >= 11 is 1.40. The molecule has 2 aromatic carbocycles. The van der Waals surface area contributed by atoms with Gasteiger partial charge in [0.05, 0.1) is 16.8 Å². The van der Waals surface area contributed by atoms with Crippen LogP contribution in [0, 0.1) is 0 Å². The number of rotatable bonds is 7. The molecule has 1 heterocycles. The Balaban J connectivity index is 1.56. The Morgan fingerprint density at radius 1 is 1.19 bits per heavy atom. The number of nitrogens with one attached hydrogen (secondary N) is 2. The van der Waals surface area contributed by atoms with Gasteiger partial charge in [0.1, 0.15) is 0 Å². The molecule has 1 aromatic heterocycles. The average molecular weight is 369 g/mol. The molecule has 0 aliphatic carbocycles. The summed E-state index contributed by atoms with van der Waals surface area (Å²) in [5.74, 6) is 0.272. The first-order valence-electron chi connectivity index (χ1n) is 8.81. The lowest BCUT2D eigenvalue weighted by molar-refractivity contribution is -0.113. The highest BCUT2D eigenvalue weighted by atomic mass is 32.2. The zero-order valence-corrected chi connectivity index (χ0v) is 16.1. The molecule has 26 heavy (non-hydrogen) atoms. The second kappa shape index (κ2) is 8.27. The zero-order valence-electron chi connectivity index (χ0n) is 15.3. The van der Waals surface area contributed by atoms with Crippen molar-refractivity contribution in [3.05, 3.63) is 48.5 Å². The van der Waals surface area contributed by atoms with Crippen molar-refractivity contribution in [2.45, 2.75) is 32.0 Å². The molecule has 0 bridgehead atoms. The first-order valence-corrected chi connectivity index (χ1v) is 9.79. The second-order valence-corrected chi connectivity index (χ2v) is 7.29. The van der Waals surface area contributed by atoms with E-state index in [0.29, 0.717) is 11.8 Å². The van der Waals surface area contributed by atoms with E-state index in [1.807, 2.05) is 48.5 Å². The molecule has 0 aliphatic rings. The maximum Gasteiger partial charge on any atom is 0.234 e. The predicted octanol–water partition coefficient (Wildman–Crippen LogP) is 4.53. The fourth-order valence-corrected chi connectivity index (χ4v) is 3.60. The number of hydrogen-bond acceptors (Lipinski definition) is 4. The number of amides is 1. The van der Waals surface area contributed by atoms with Crippen LogP contribution >= 0.6 is 11.8 Å². The molecule has 136 valence electrons. The molecule has 0 saturated heterocycles. The number of carbonyl (C=O) groups is 1. The Hall–Kier alpha value is -2.47. The third-order valence-corrected chi connectivity index (χ3v) is 5.03. The van der Waals surface area contributed by atoms with E-state index in [4.69, 9.17) is 0 Å². The fraction of sp³-hybridized carbons (Fsp3) is 0.300. The van der Waals surface area contributed by atoms with E-state index in [1.54, 1.807) is 0 Å². The number of imidazole rings is 1. The molecule has 0 aliphatic heterocycles. The lowest BCUT2D eigenvalue weighted by Gasteiger charge is -2.27. The maximum absolute atomic E-state index is 12.2. The Kier molecular flexibility index (Phi) is 5.83. The van der Waals surface area contributed by atoms with E-state index >= 15 is 0 Å². The number of nitrogens with zero attached hydrogens (tertiary/aromatic N) is 2. The van der Waals surface area contributed by atoms with Crippen LogP contribution in [0.5, 0.6) is 0 Å². The highest BCUT2D eigenvalue weighted by molar-refractivity contribution is 7.99. The summed E-state index contributed by atoms with van der Waals surface area (Å²) in [4.78, 5) is 22.2. The number of carbonyl (C=O) groups excluding carboxylic acids is 1. The van der Waals surface area contributed by atoms with E-state index in [1.165, 1.54) is 11.8 Å². The Morgan fingerprint density at radius 3 is 2.58 bits per heavy atom. The van der Waals surface area contributed by atoms with Crippen molar-refractivity contribution in [2.24, 2.45) is 0 Å². The Labute approximate surface area is 158 Å². The summed E-state index contributed by atoms with van der Waals surface area (Å²) in [5.41, 5.74) is 3.87. The highest BCUT2D eigenvalue weighted by Gasteiger charge is 2.10. The van der Waals surface area contributed by atoms with Gasteiger partial charge in [-0.2, -0.15) is 0 Å². The number of aromatic amines is 1. The summed E-state index contributed by atoms with van der Waals surface area (Å²) in [6.07, 6.45) is 0. The van der Waals surface area contributed by atoms with Crippen molar-refractivity contribution < 1.29 is 4.79 Å². The molecular formula is C20H24N4OS. The van der Waals surface area contributed by atoms with E-state index < -0.39 is 0 Å². The van der Waals surface area contributed by atoms with Crippen LogP contribution < -0.4 is 10.2 Å². The molecule has 0 unspecified atom stereocenters. The molecule has 2 N–H and O–H groups in total. The van der Waals surface area contributed by atoms with Gasteiger partial charge in [0.2, 0.25) is 5.91 Å². The molecule has 0 atom stereocenters. The molecule has 1 amide bonds. The van der Waals surface area contributed by atoms with Gasteiger partial charge in [0.15, 0.2) is 5.16 Å². The smallest absolute Gasteiger partial charge is 0.234 e. The largest absolute Gasteiger partial charge is 0.369 e. The number of anilines is 2. The van der Waals surface area contributed by atoms with Gasteiger partial charge in [0.25, 0.3) is 0 Å². The molecule has 0 saturated carbocycles. The minimum absolute atomic E-state index is 0.0422. The lowest BCUT2D eigenvalue weighted by atomic mass is 10.2. The SMILES string of the molecule is CCN(c1ccc(NC(=O)CSc2nc3ccccc3[nH]2)cc1)C(C)C. The molecule has 3 rings (SSSR count). The van der Waals surface area contributed by atoms with Crippen molar-refractivity contribution >= 4 is 40.1 Å². The van der Waals surface area contributed by atoms with Gasteiger partial charge in [-0.15, -0.1) is 0 Å². The van der Waals surface area contributed by atoms with Crippen LogP contribution in [0.4, 0.5) is 11.4 Å². The van der Waals surface area contributed by atoms with Crippen LogP contribution in [-0.2, 0) is 4.79 Å². The van der Waals surface area contributed by atoms with Crippen molar-refractivity contribution in [1.29, 1.82) is 0 Å². The van der Waals surface area contributed by atoms with Crippen molar-refractivity contribution in [2.75, 3.05) is 22.5 Å². The number of hydrogen-bond donors (Lipinski definition) is 2. The number of para-hydroxylation sites is 2. The minimum Gasteiger partial charge on any atom is -0.369 e. The zero-order chi connectivity index (χ0) is 18.5. The normalized spacial score (nSPS) is 11.1. The molecule has 0 radical (unpaired) electrons. The third-order valence-electron chi connectivity index (χ3n) is 4.15. The molecular weight excluding hydrogens is 344 g/mol. The number of aromatic nitrogens is 2. The van der Waals surface area contributed by atoms with Gasteiger partial charge in [-0.05, 0) is 57.2 Å². The van der Waals surface area contributed by atoms with Crippen molar-refractivity contribution in [3.63, 3.8) is 0 Å². The van der Waals surface area contributed by atoms with E-state index in [2.05, 4.69) is 41.0 Å². The summed E-state index contributed by atoms with van der Waals surface area (Å²) in [5, 5.41) is 3.70. The summed E-state index contributed by atoms with van der Waals surface area (Å²) < 4.78 is 0. The lowest BCUT2D eigenvalue weighted by Crippen LogP contribution is -2.30. The molecule has 5 nitrogen and oxygen atoms in total. The maximum atomic E-state index is 12.2. The monoisotopic (exact) mass is 368 g/mol. The number of H-pyrrole nitrogens is 1. The van der Waals surface area contributed by atoms with E-state index in [9.17, 15) is 4.79 Å².